The normalized spacial score (nSPS) is 13.3. The van der Waals surface area contributed by atoms with Gasteiger partial charge in [-0.15, -0.1) is 11.6 Å². The highest BCUT2D eigenvalue weighted by Crippen LogP contribution is 2.19. The maximum atomic E-state index is 5.83. The zero-order chi connectivity index (χ0) is 10.5. The predicted octanol–water partition coefficient (Wildman–Crippen LogP) is 2.31. The second-order valence-electron chi connectivity index (χ2n) is 4.23. The van der Waals surface area contributed by atoms with Crippen LogP contribution in [0, 0.1) is 5.41 Å². The van der Waals surface area contributed by atoms with E-state index in [1.807, 2.05) is 7.05 Å². The molecule has 0 atom stereocenters. The smallest absolute Gasteiger partial charge is 0.0950 e. The molecule has 0 saturated heterocycles. The molecule has 0 heterocycles. The Morgan fingerprint density at radius 1 is 1.46 bits per heavy atom. The zero-order valence-electron chi connectivity index (χ0n) is 9.24. The van der Waals surface area contributed by atoms with Crippen molar-refractivity contribution in [1.29, 1.82) is 0 Å². The lowest BCUT2D eigenvalue weighted by atomic mass is 9.96. The number of rotatable bonds is 5. The molecule has 0 unspecified atom stereocenters. The molecule has 0 aromatic rings. The molecular formula is C10H21ClN2. The molecule has 0 bridgehead atoms. The van der Waals surface area contributed by atoms with Gasteiger partial charge in [0, 0.05) is 19.0 Å². The van der Waals surface area contributed by atoms with Gasteiger partial charge in [0.1, 0.15) is 0 Å². The lowest BCUT2D eigenvalue weighted by Gasteiger charge is -2.21. The van der Waals surface area contributed by atoms with Crippen LogP contribution in [0.1, 0.15) is 27.7 Å². The SMILES string of the molecule is CN/C(=C\C(C)(C)CCl)NC(C)C. The summed E-state index contributed by atoms with van der Waals surface area (Å²) in [5.74, 6) is 1.67. The van der Waals surface area contributed by atoms with E-state index >= 15 is 0 Å². The monoisotopic (exact) mass is 204 g/mol. The molecule has 78 valence electrons. The maximum absolute atomic E-state index is 5.83. The summed E-state index contributed by atoms with van der Waals surface area (Å²) < 4.78 is 0. The molecule has 2 nitrogen and oxygen atoms in total. The van der Waals surface area contributed by atoms with Crippen LogP contribution in [0.15, 0.2) is 11.9 Å². The fraction of sp³-hybridized carbons (Fsp3) is 0.800. The number of allylic oxidation sites excluding steroid dienone is 1. The summed E-state index contributed by atoms with van der Waals surface area (Å²) in [7, 11) is 1.91. The van der Waals surface area contributed by atoms with E-state index in [1.165, 1.54) is 0 Å². The molecule has 0 aliphatic heterocycles. The van der Waals surface area contributed by atoms with E-state index in [2.05, 4.69) is 44.4 Å². The van der Waals surface area contributed by atoms with Gasteiger partial charge in [0.05, 0.1) is 5.82 Å². The molecule has 13 heavy (non-hydrogen) atoms. The molecule has 0 rings (SSSR count). The second kappa shape index (κ2) is 5.38. The number of alkyl halides is 1. The fourth-order valence-electron chi connectivity index (χ4n) is 0.926. The minimum atomic E-state index is 0.0296. The van der Waals surface area contributed by atoms with Gasteiger partial charge in [-0.25, -0.2) is 0 Å². The van der Waals surface area contributed by atoms with Crippen LogP contribution in [-0.2, 0) is 0 Å². The molecule has 0 aliphatic rings. The highest BCUT2D eigenvalue weighted by atomic mass is 35.5. The van der Waals surface area contributed by atoms with Crippen molar-refractivity contribution in [2.75, 3.05) is 12.9 Å². The molecular weight excluding hydrogens is 184 g/mol. The largest absolute Gasteiger partial charge is 0.375 e. The van der Waals surface area contributed by atoms with Gasteiger partial charge >= 0.3 is 0 Å². The summed E-state index contributed by atoms with van der Waals surface area (Å²) in [6, 6.07) is 0.435. The summed E-state index contributed by atoms with van der Waals surface area (Å²) in [6.45, 7) is 8.44. The Morgan fingerprint density at radius 2 is 2.00 bits per heavy atom. The Balaban J connectivity index is 4.37. The van der Waals surface area contributed by atoms with E-state index in [9.17, 15) is 0 Å². The minimum Gasteiger partial charge on any atom is -0.375 e. The molecule has 0 spiro atoms. The van der Waals surface area contributed by atoms with Crippen molar-refractivity contribution < 1.29 is 0 Å². The van der Waals surface area contributed by atoms with Gasteiger partial charge in [-0.3, -0.25) is 0 Å². The topological polar surface area (TPSA) is 24.1 Å². The first-order valence-corrected chi connectivity index (χ1v) is 5.18. The first-order valence-electron chi connectivity index (χ1n) is 4.64. The molecule has 2 N–H and O–H groups in total. The van der Waals surface area contributed by atoms with E-state index in [-0.39, 0.29) is 5.41 Å². The first-order chi connectivity index (χ1) is 5.91. The van der Waals surface area contributed by atoms with E-state index in [0.717, 1.165) is 5.82 Å². The van der Waals surface area contributed by atoms with Gasteiger partial charge in [0.2, 0.25) is 0 Å². The van der Waals surface area contributed by atoms with Crippen molar-refractivity contribution >= 4 is 11.6 Å². The molecule has 0 aromatic heterocycles. The first kappa shape index (κ1) is 12.6. The number of hydrogen-bond donors (Lipinski definition) is 2. The Kier molecular flexibility index (Phi) is 5.23. The van der Waals surface area contributed by atoms with Crippen LogP contribution in [0.4, 0.5) is 0 Å². The summed E-state index contributed by atoms with van der Waals surface area (Å²) in [5, 5.41) is 6.43. The van der Waals surface area contributed by atoms with Crippen molar-refractivity contribution in [3.8, 4) is 0 Å². The van der Waals surface area contributed by atoms with Crippen molar-refractivity contribution in [3.63, 3.8) is 0 Å². The molecule has 0 aromatic carbocycles. The summed E-state index contributed by atoms with van der Waals surface area (Å²) >= 11 is 5.83. The zero-order valence-corrected chi connectivity index (χ0v) is 10.00. The van der Waals surface area contributed by atoms with Gasteiger partial charge in [-0.1, -0.05) is 13.8 Å². The minimum absolute atomic E-state index is 0.0296. The van der Waals surface area contributed by atoms with Crippen LogP contribution in [0.2, 0.25) is 0 Å². The van der Waals surface area contributed by atoms with E-state index in [0.29, 0.717) is 11.9 Å². The molecule has 0 aliphatic carbocycles. The molecule has 0 amide bonds. The van der Waals surface area contributed by atoms with Gasteiger partial charge in [-0.05, 0) is 25.3 Å². The van der Waals surface area contributed by atoms with Crippen LogP contribution in [0.3, 0.4) is 0 Å². The number of halogens is 1. The third-order valence-corrected chi connectivity index (χ3v) is 2.28. The van der Waals surface area contributed by atoms with Crippen LogP contribution < -0.4 is 10.6 Å². The van der Waals surface area contributed by atoms with Crippen LogP contribution in [-0.4, -0.2) is 19.0 Å². The molecule has 3 heteroatoms. The van der Waals surface area contributed by atoms with E-state index in [1.54, 1.807) is 0 Å². The van der Waals surface area contributed by atoms with Crippen molar-refractivity contribution in [2.45, 2.75) is 33.7 Å². The molecule has 0 radical (unpaired) electrons. The highest BCUT2D eigenvalue weighted by molar-refractivity contribution is 6.18. The second-order valence-corrected chi connectivity index (χ2v) is 4.50. The maximum Gasteiger partial charge on any atom is 0.0950 e. The predicted molar refractivity (Wildman–Crippen MR) is 59.9 cm³/mol. The van der Waals surface area contributed by atoms with Crippen molar-refractivity contribution in [3.05, 3.63) is 11.9 Å². The van der Waals surface area contributed by atoms with Gasteiger partial charge in [0.15, 0.2) is 0 Å². The standard InChI is InChI=1S/C10H21ClN2/c1-8(2)13-9(12-5)6-10(3,4)7-11/h6,8,12-13H,7H2,1-5H3/b9-6+. The average molecular weight is 205 g/mol. The Labute approximate surface area is 86.7 Å². The Hall–Kier alpha value is -0.370. The van der Waals surface area contributed by atoms with Gasteiger partial charge < -0.3 is 10.6 Å². The molecule has 0 saturated carbocycles. The lowest BCUT2D eigenvalue weighted by molar-refractivity contribution is 0.526. The quantitative estimate of drug-likeness (QED) is 0.672. The summed E-state index contributed by atoms with van der Waals surface area (Å²) in [4.78, 5) is 0. The van der Waals surface area contributed by atoms with E-state index in [4.69, 9.17) is 11.6 Å². The van der Waals surface area contributed by atoms with Crippen molar-refractivity contribution in [2.24, 2.45) is 5.41 Å². The van der Waals surface area contributed by atoms with Crippen LogP contribution >= 0.6 is 11.6 Å². The fourth-order valence-corrected chi connectivity index (χ4v) is 1.00. The third-order valence-electron chi connectivity index (χ3n) is 1.59. The lowest BCUT2D eigenvalue weighted by Crippen LogP contribution is -2.31. The van der Waals surface area contributed by atoms with Crippen LogP contribution in [0.5, 0.6) is 0 Å². The molecule has 0 fully saturated rings. The number of nitrogens with one attached hydrogen (secondary N) is 2. The summed E-state index contributed by atoms with van der Waals surface area (Å²) in [6.07, 6.45) is 2.12. The Bertz CT molecular complexity index is 174. The van der Waals surface area contributed by atoms with E-state index < -0.39 is 0 Å². The van der Waals surface area contributed by atoms with Crippen LogP contribution in [0.25, 0.3) is 0 Å². The highest BCUT2D eigenvalue weighted by Gasteiger charge is 2.14. The summed E-state index contributed by atoms with van der Waals surface area (Å²) in [5.41, 5.74) is 0.0296. The number of hydrogen-bond acceptors (Lipinski definition) is 2. The van der Waals surface area contributed by atoms with Crippen molar-refractivity contribution in [1.82, 2.24) is 10.6 Å². The third kappa shape index (κ3) is 5.81. The van der Waals surface area contributed by atoms with Gasteiger partial charge in [-0.2, -0.15) is 0 Å². The Morgan fingerprint density at radius 3 is 2.31 bits per heavy atom. The average Bonchev–Trinajstić information content (AvgIpc) is 2.02. The van der Waals surface area contributed by atoms with Gasteiger partial charge in [0.25, 0.3) is 0 Å².